The summed E-state index contributed by atoms with van der Waals surface area (Å²) >= 11 is 0. The van der Waals surface area contributed by atoms with E-state index in [2.05, 4.69) is 33.0 Å². The van der Waals surface area contributed by atoms with Crippen molar-refractivity contribution in [3.8, 4) is 28.7 Å². The summed E-state index contributed by atoms with van der Waals surface area (Å²) in [5.41, 5.74) is 3.96. The number of anilines is 1. The zero-order valence-electron chi connectivity index (χ0n) is 19.8. The number of aromatic nitrogens is 1. The number of methoxy groups -OCH3 is 3. The van der Waals surface area contributed by atoms with Crippen LogP contribution in [0.5, 0.6) is 17.2 Å². The van der Waals surface area contributed by atoms with Gasteiger partial charge in [-0.05, 0) is 42.0 Å². The van der Waals surface area contributed by atoms with Gasteiger partial charge in [0.05, 0.1) is 21.3 Å². The number of hydrogen-bond donors (Lipinski definition) is 0. The lowest BCUT2D eigenvalue weighted by Crippen LogP contribution is -2.46. The van der Waals surface area contributed by atoms with Gasteiger partial charge < -0.3 is 23.5 Å². The quantitative estimate of drug-likeness (QED) is 0.392. The Hall–Kier alpha value is -3.71. The van der Waals surface area contributed by atoms with Gasteiger partial charge in [0.1, 0.15) is 5.69 Å². The number of fused-ring (bicyclic) bond motifs is 1. The number of benzene rings is 2. The lowest BCUT2D eigenvalue weighted by molar-refractivity contribution is 0.250. The van der Waals surface area contributed by atoms with E-state index < -0.39 is 0 Å². The van der Waals surface area contributed by atoms with E-state index in [4.69, 9.17) is 18.6 Å². The summed E-state index contributed by atoms with van der Waals surface area (Å²) in [5.74, 6) is 2.99. The van der Waals surface area contributed by atoms with Gasteiger partial charge in [-0.1, -0.05) is 12.1 Å². The maximum absolute atomic E-state index is 6.19. The molecule has 0 bridgehead atoms. The smallest absolute Gasteiger partial charge is 0.177 e. The third-order valence-electron chi connectivity index (χ3n) is 6.37. The first kappa shape index (κ1) is 22.1. The molecule has 1 fully saturated rings. The molecular weight excluding hydrogens is 430 g/mol. The van der Waals surface area contributed by atoms with E-state index in [0.29, 0.717) is 0 Å². The van der Waals surface area contributed by atoms with Crippen molar-refractivity contribution in [1.82, 2.24) is 9.88 Å². The monoisotopic (exact) mass is 459 g/mol. The molecule has 1 saturated heterocycles. The van der Waals surface area contributed by atoms with Crippen LogP contribution in [0.4, 0.5) is 5.69 Å². The van der Waals surface area contributed by atoms with E-state index in [1.165, 1.54) is 5.56 Å². The topological polar surface area (TPSA) is 60.2 Å². The first-order valence-electron chi connectivity index (χ1n) is 11.4. The summed E-state index contributed by atoms with van der Waals surface area (Å²) in [6.07, 6.45) is 1.78. The number of furan rings is 1. The molecule has 0 aliphatic carbocycles. The number of ether oxygens (including phenoxy) is 3. The van der Waals surface area contributed by atoms with Crippen LogP contribution in [-0.2, 0) is 6.54 Å². The predicted molar refractivity (Wildman–Crippen MR) is 133 cm³/mol. The predicted octanol–water partition coefficient (Wildman–Crippen LogP) is 4.84. The SMILES string of the molecule is COc1ccc(N2CCN(Cc3ccc(OC)c4oc(-c5ccccn5)cc34)CC2)cc1OC. The summed E-state index contributed by atoms with van der Waals surface area (Å²) in [6, 6.07) is 18.1. The fraction of sp³-hybridized carbons (Fsp3) is 0.296. The van der Waals surface area contributed by atoms with Gasteiger partial charge in [-0.25, -0.2) is 0 Å². The Kier molecular flexibility index (Phi) is 6.27. The standard InChI is InChI=1S/C27H29N3O4/c1-31-23-10-8-20(16-26(23)33-3)30-14-12-29(13-15-30)18-19-7-9-24(32-2)27-21(19)17-25(34-27)22-6-4-5-11-28-22/h4-11,16-17H,12-15,18H2,1-3H3. The van der Waals surface area contributed by atoms with Crippen molar-refractivity contribution in [2.45, 2.75) is 6.54 Å². The van der Waals surface area contributed by atoms with Crippen molar-refractivity contribution in [1.29, 1.82) is 0 Å². The first-order chi connectivity index (χ1) is 16.7. The first-order valence-corrected chi connectivity index (χ1v) is 11.4. The van der Waals surface area contributed by atoms with Gasteiger partial charge in [-0.3, -0.25) is 9.88 Å². The van der Waals surface area contributed by atoms with Crippen LogP contribution in [0.2, 0.25) is 0 Å². The minimum absolute atomic E-state index is 0.735. The van der Waals surface area contributed by atoms with E-state index in [0.717, 1.165) is 78.1 Å². The summed E-state index contributed by atoms with van der Waals surface area (Å²) in [5, 5.41) is 1.07. The molecule has 0 unspecified atom stereocenters. The second-order valence-electron chi connectivity index (χ2n) is 8.30. The average Bonchev–Trinajstić information content (AvgIpc) is 3.35. The van der Waals surface area contributed by atoms with Gasteiger partial charge >= 0.3 is 0 Å². The molecular formula is C27H29N3O4. The molecule has 5 rings (SSSR count). The van der Waals surface area contributed by atoms with Crippen LogP contribution in [-0.4, -0.2) is 57.4 Å². The van der Waals surface area contributed by atoms with Crippen LogP contribution in [0.1, 0.15) is 5.56 Å². The highest BCUT2D eigenvalue weighted by Gasteiger charge is 2.21. The molecule has 1 aliphatic rings. The fourth-order valence-electron chi connectivity index (χ4n) is 4.51. The Balaban J connectivity index is 1.33. The highest BCUT2D eigenvalue weighted by molar-refractivity contribution is 5.90. The largest absolute Gasteiger partial charge is 0.493 e. The molecule has 0 radical (unpaired) electrons. The summed E-state index contributed by atoms with van der Waals surface area (Å²) in [6.45, 7) is 4.67. The summed E-state index contributed by atoms with van der Waals surface area (Å²) < 4.78 is 22.6. The molecule has 0 atom stereocenters. The fourth-order valence-corrected chi connectivity index (χ4v) is 4.51. The number of nitrogens with zero attached hydrogens (tertiary/aromatic N) is 3. The van der Waals surface area contributed by atoms with Crippen LogP contribution in [0, 0.1) is 0 Å². The van der Waals surface area contributed by atoms with Crippen LogP contribution in [0.15, 0.2) is 65.2 Å². The maximum atomic E-state index is 6.19. The lowest BCUT2D eigenvalue weighted by Gasteiger charge is -2.36. The normalized spacial score (nSPS) is 14.4. The summed E-state index contributed by atoms with van der Waals surface area (Å²) in [4.78, 5) is 9.30. The molecule has 0 saturated carbocycles. The Labute approximate surface area is 199 Å². The Bertz CT molecular complexity index is 1260. The Morgan fingerprint density at radius 1 is 0.824 bits per heavy atom. The molecule has 176 valence electrons. The van der Waals surface area contributed by atoms with Gasteiger partial charge in [0.2, 0.25) is 0 Å². The summed E-state index contributed by atoms with van der Waals surface area (Å²) in [7, 11) is 5.00. The number of rotatable bonds is 7. The van der Waals surface area contributed by atoms with Gasteiger partial charge in [0.15, 0.2) is 28.6 Å². The minimum Gasteiger partial charge on any atom is -0.493 e. The van der Waals surface area contributed by atoms with Crippen LogP contribution < -0.4 is 19.1 Å². The van der Waals surface area contributed by atoms with Crippen molar-refractivity contribution in [3.63, 3.8) is 0 Å². The Morgan fingerprint density at radius 3 is 2.29 bits per heavy atom. The van der Waals surface area contributed by atoms with E-state index in [-0.39, 0.29) is 0 Å². The molecule has 2 aromatic carbocycles. The van der Waals surface area contributed by atoms with Gasteiger partial charge in [0.25, 0.3) is 0 Å². The van der Waals surface area contributed by atoms with Crippen molar-refractivity contribution in [2.75, 3.05) is 52.4 Å². The van der Waals surface area contributed by atoms with Crippen LogP contribution >= 0.6 is 0 Å². The van der Waals surface area contributed by atoms with Crippen LogP contribution in [0.3, 0.4) is 0 Å². The molecule has 0 spiro atoms. The van der Waals surface area contributed by atoms with Gasteiger partial charge in [0, 0.05) is 56.1 Å². The zero-order valence-corrected chi connectivity index (χ0v) is 19.8. The molecule has 2 aromatic heterocycles. The van der Waals surface area contributed by atoms with Gasteiger partial charge in [-0.2, -0.15) is 0 Å². The molecule has 34 heavy (non-hydrogen) atoms. The molecule has 3 heterocycles. The van der Waals surface area contributed by atoms with Crippen molar-refractivity contribution >= 4 is 16.7 Å². The van der Waals surface area contributed by atoms with Crippen LogP contribution in [0.25, 0.3) is 22.4 Å². The second-order valence-corrected chi connectivity index (χ2v) is 8.30. The molecule has 4 aromatic rings. The van der Waals surface area contributed by atoms with Crippen molar-refractivity contribution < 1.29 is 18.6 Å². The molecule has 7 heteroatoms. The average molecular weight is 460 g/mol. The number of hydrogen-bond acceptors (Lipinski definition) is 7. The maximum Gasteiger partial charge on any atom is 0.177 e. The minimum atomic E-state index is 0.735. The van der Waals surface area contributed by atoms with E-state index >= 15 is 0 Å². The molecule has 7 nitrogen and oxygen atoms in total. The van der Waals surface area contributed by atoms with E-state index in [9.17, 15) is 0 Å². The molecule has 1 aliphatic heterocycles. The third-order valence-corrected chi connectivity index (χ3v) is 6.37. The number of pyridine rings is 1. The van der Waals surface area contributed by atoms with Crippen molar-refractivity contribution in [2.24, 2.45) is 0 Å². The second kappa shape index (κ2) is 9.65. The third kappa shape index (κ3) is 4.26. The van der Waals surface area contributed by atoms with Gasteiger partial charge in [-0.15, -0.1) is 0 Å². The highest BCUT2D eigenvalue weighted by Crippen LogP contribution is 2.36. The van der Waals surface area contributed by atoms with E-state index in [1.54, 1.807) is 27.5 Å². The van der Waals surface area contributed by atoms with E-state index in [1.807, 2.05) is 36.4 Å². The molecule has 0 N–H and O–H groups in total. The Morgan fingerprint density at radius 2 is 1.59 bits per heavy atom. The van der Waals surface area contributed by atoms with Crippen molar-refractivity contribution in [3.05, 3.63) is 66.4 Å². The molecule has 0 amide bonds. The number of piperazine rings is 1. The zero-order chi connectivity index (χ0) is 23.5. The lowest BCUT2D eigenvalue weighted by atomic mass is 10.1. The highest BCUT2D eigenvalue weighted by atomic mass is 16.5.